The van der Waals surface area contributed by atoms with Crippen molar-refractivity contribution in [2.24, 2.45) is 17.4 Å². The highest BCUT2D eigenvalue weighted by Crippen LogP contribution is 2.20. The summed E-state index contributed by atoms with van der Waals surface area (Å²) in [5.41, 5.74) is 11.5. The molecule has 0 bridgehead atoms. The number of rotatable bonds is 13. The van der Waals surface area contributed by atoms with Crippen molar-refractivity contribution in [2.45, 2.75) is 76.5 Å². The SMILES string of the molecule is CC(C)CC(NC(=O)C(Cc1cnc[nH]1)NC(=O)C(N)CCC(N)=O)C(=O)N1CCCC1C(=O)O. The molecule has 4 atom stereocenters. The number of aromatic amines is 1. The molecule has 1 saturated heterocycles. The normalized spacial score (nSPS) is 18.1. The first-order chi connectivity index (χ1) is 16.5. The lowest BCUT2D eigenvalue weighted by molar-refractivity contribution is -0.149. The van der Waals surface area contributed by atoms with Gasteiger partial charge in [0.05, 0.1) is 12.4 Å². The van der Waals surface area contributed by atoms with Gasteiger partial charge in [0, 0.05) is 31.3 Å². The van der Waals surface area contributed by atoms with Gasteiger partial charge in [-0.25, -0.2) is 9.78 Å². The zero-order valence-electron chi connectivity index (χ0n) is 20.0. The van der Waals surface area contributed by atoms with E-state index >= 15 is 0 Å². The molecule has 1 aromatic heterocycles. The number of imidazole rings is 1. The smallest absolute Gasteiger partial charge is 0.326 e. The fourth-order valence-corrected chi connectivity index (χ4v) is 3.99. The van der Waals surface area contributed by atoms with Crippen LogP contribution in [0.2, 0.25) is 0 Å². The van der Waals surface area contributed by atoms with Gasteiger partial charge in [-0.2, -0.15) is 0 Å². The van der Waals surface area contributed by atoms with E-state index < -0.39 is 53.8 Å². The van der Waals surface area contributed by atoms with Crippen LogP contribution in [0.4, 0.5) is 0 Å². The van der Waals surface area contributed by atoms with Gasteiger partial charge in [0.2, 0.25) is 23.6 Å². The third kappa shape index (κ3) is 8.35. The zero-order chi connectivity index (χ0) is 26.1. The monoisotopic (exact) mass is 493 g/mol. The molecule has 13 nitrogen and oxygen atoms in total. The summed E-state index contributed by atoms with van der Waals surface area (Å²) in [6, 6.07) is -4.06. The summed E-state index contributed by atoms with van der Waals surface area (Å²) < 4.78 is 0. The van der Waals surface area contributed by atoms with Crippen molar-refractivity contribution >= 4 is 29.6 Å². The summed E-state index contributed by atoms with van der Waals surface area (Å²) in [6.45, 7) is 4.06. The number of nitrogens with two attached hydrogens (primary N) is 2. The van der Waals surface area contributed by atoms with Crippen LogP contribution in [-0.2, 0) is 30.4 Å². The zero-order valence-corrected chi connectivity index (χ0v) is 20.0. The molecule has 4 unspecified atom stereocenters. The van der Waals surface area contributed by atoms with Crippen LogP contribution in [0, 0.1) is 5.92 Å². The van der Waals surface area contributed by atoms with E-state index in [1.54, 1.807) is 0 Å². The molecule has 2 heterocycles. The Balaban J connectivity index is 2.18. The molecule has 1 aliphatic heterocycles. The lowest BCUT2D eigenvalue weighted by Gasteiger charge is -2.29. The molecule has 4 amide bonds. The second-order valence-electron chi connectivity index (χ2n) is 9.17. The van der Waals surface area contributed by atoms with Gasteiger partial charge in [-0.15, -0.1) is 0 Å². The Morgan fingerprint density at radius 1 is 1.20 bits per heavy atom. The number of aromatic nitrogens is 2. The summed E-state index contributed by atoms with van der Waals surface area (Å²) in [6.07, 6.45) is 4.10. The lowest BCUT2D eigenvalue weighted by Crippen LogP contribution is -2.58. The van der Waals surface area contributed by atoms with Gasteiger partial charge in [0.1, 0.15) is 18.1 Å². The molecule has 0 aliphatic carbocycles. The number of hydrogen-bond donors (Lipinski definition) is 6. The first-order valence-corrected chi connectivity index (χ1v) is 11.6. The minimum Gasteiger partial charge on any atom is -0.480 e. The number of H-pyrrole nitrogens is 1. The third-order valence-corrected chi connectivity index (χ3v) is 5.79. The fourth-order valence-electron chi connectivity index (χ4n) is 3.99. The van der Waals surface area contributed by atoms with Gasteiger partial charge in [0.15, 0.2) is 0 Å². The molecule has 1 fully saturated rings. The van der Waals surface area contributed by atoms with E-state index in [1.165, 1.54) is 17.4 Å². The van der Waals surface area contributed by atoms with Crippen LogP contribution in [0.5, 0.6) is 0 Å². The van der Waals surface area contributed by atoms with Gasteiger partial charge in [-0.05, 0) is 31.6 Å². The molecule has 0 radical (unpaired) electrons. The fraction of sp³-hybridized carbons (Fsp3) is 0.636. The molecule has 8 N–H and O–H groups in total. The van der Waals surface area contributed by atoms with Crippen molar-refractivity contribution in [3.05, 3.63) is 18.2 Å². The van der Waals surface area contributed by atoms with E-state index in [9.17, 15) is 29.1 Å². The molecule has 0 saturated carbocycles. The summed E-state index contributed by atoms with van der Waals surface area (Å²) in [5.74, 6) is -3.40. The lowest BCUT2D eigenvalue weighted by atomic mass is 10.0. The molecule has 35 heavy (non-hydrogen) atoms. The number of aliphatic carboxylic acids is 1. The second-order valence-corrected chi connectivity index (χ2v) is 9.17. The largest absolute Gasteiger partial charge is 0.480 e. The summed E-state index contributed by atoms with van der Waals surface area (Å²) in [7, 11) is 0. The van der Waals surface area contributed by atoms with Crippen molar-refractivity contribution in [1.29, 1.82) is 0 Å². The molecular formula is C22H35N7O6. The summed E-state index contributed by atoms with van der Waals surface area (Å²) in [4.78, 5) is 69.7. The number of primary amides is 1. The minimum atomic E-state index is -1.10. The predicted molar refractivity (Wildman–Crippen MR) is 124 cm³/mol. The Morgan fingerprint density at radius 2 is 1.89 bits per heavy atom. The van der Waals surface area contributed by atoms with Gasteiger partial charge in [-0.3, -0.25) is 19.2 Å². The molecule has 13 heteroatoms. The van der Waals surface area contributed by atoms with E-state index in [0.717, 1.165) is 0 Å². The predicted octanol–water partition coefficient (Wildman–Crippen LogP) is -1.36. The number of nitrogens with zero attached hydrogens (tertiary/aromatic N) is 2. The van der Waals surface area contributed by atoms with E-state index in [0.29, 0.717) is 25.1 Å². The third-order valence-electron chi connectivity index (χ3n) is 5.79. The van der Waals surface area contributed by atoms with Crippen LogP contribution in [0.15, 0.2) is 12.5 Å². The Morgan fingerprint density at radius 3 is 2.46 bits per heavy atom. The number of amides is 4. The minimum absolute atomic E-state index is 0.0135. The average Bonchev–Trinajstić information content (AvgIpc) is 3.47. The van der Waals surface area contributed by atoms with Crippen LogP contribution in [0.1, 0.15) is 51.6 Å². The van der Waals surface area contributed by atoms with Gasteiger partial charge in [-0.1, -0.05) is 13.8 Å². The average molecular weight is 494 g/mol. The van der Waals surface area contributed by atoms with Crippen LogP contribution in [-0.4, -0.2) is 80.3 Å². The second kappa shape index (κ2) is 12.8. The Labute approximate surface area is 203 Å². The van der Waals surface area contributed by atoms with Crippen molar-refractivity contribution in [3.63, 3.8) is 0 Å². The molecule has 0 spiro atoms. The molecule has 1 aliphatic rings. The molecular weight excluding hydrogens is 458 g/mol. The quantitative estimate of drug-likeness (QED) is 0.192. The summed E-state index contributed by atoms with van der Waals surface area (Å²) >= 11 is 0. The van der Waals surface area contributed by atoms with Crippen molar-refractivity contribution in [2.75, 3.05) is 6.54 Å². The Kier molecular flexibility index (Phi) is 10.2. The van der Waals surface area contributed by atoms with Crippen LogP contribution >= 0.6 is 0 Å². The molecule has 1 aromatic rings. The van der Waals surface area contributed by atoms with Crippen LogP contribution in [0.3, 0.4) is 0 Å². The number of likely N-dealkylation sites (tertiary alicyclic amines) is 1. The van der Waals surface area contributed by atoms with Crippen molar-refractivity contribution in [3.8, 4) is 0 Å². The van der Waals surface area contributed by atoms with E-state index in [2.05, 4.69) is 20.6 Å². The van der Waals surface area contributed by atoms with Gasteiger partial charge < -0.3 is 37.1 Å². The van der Waals surface area contributed by atoms with E-state index in [-0.39, 0.29) is 31.6 Å². The Hall–Kier alpha value is -3.48. The number of nitrogens with one attached hydrogen (secondary N) is 3. The number of carboxylic acids is 1. The molecule has 0 aromatic carbocycles. The maximum absolute atomic E-state index is 13.3. The van der Waals surface area contributed by atoms with Gasteiger partial charge >= 0.3 is 5.97 Å². The first-order valence-electron chi connectivity index (χ1n) is 11.6. The van der Waals surface area contributed by atoms with Crippen LogP contribution in [0.25, 0.3) is 0 Å². The highest BCUT2D eigenvalue weighted by molar-refractivity contribution is 5.94. The first kappa shape index (κ1) is 27.8. The van der Waals surface area contributed by atoms with Crippen molar-refractivity contribution < 1.29 is 29.1 Å². The highest BCUT2D eigenvalue weighted by atomic mass is 16.4. The van der Waals surface area contributed by atoms with E-state index in [4.69, 9.17) is 11.5 Å². The van der Waals surface area contributed by atoms with Gasteiger partial charge in [0.25, 0.3) is 0 Å². The van der Waals surface area contributed by atoms with Crippen LogP contribution < -0.4 is 22.1 Å². The van der Waals surface area contributed by atoms with Crippen molar-refractivity contribution in [1.82, 2.24) is 25.5 Å². The summed E-state index contributed by atoms with van der Waals surface area (Å²) in [5, 5.41) is 14.7. The molecule has 2 rings (SSSR count). The number of carboxylic acid groups (broad SMARTS) is 1. The molecule has 194 valence electrons. The number of carbonyl (C=O) groups is 5. The maximum atomic E-state index is 13.3. The standard InChI is InChI=1S/C22H35N7O6/c1-12(2)8-16(21(33)29-7-3-4-17(29)22(34)35)28-20(32)15(9-13-10-25-11-26-13)27-19(31)14(23)5-6-18(24)30/h10-12,14-17H,3-9,23H2,1-2H3,(H2,24,30)(H,25,26)(H,27,31)(H,28,32)(H,34,35). The van der Waals surface area contributed by atoms with E-state index in [1.807, 2.05) is 13.8 Å². The maximum Gasteiger partial charge on any atom is 0.326 e. The number of carbonyl (C=O) groups excluding carboxylic acids is 4. The number of hydrogen-bond acceptors (Lipinski definition) is 7. The topological polar surface area (TPSA) is 214 Å². The highest BCUT2D eigenvalue weighted by Gasteiger charge is 2.38. The Bertz CT molecular complexity index is 904.